The molecule has 0 N–H and O–H groups in total. The van der Waals surface area contributed by atoms with Gasteiger partial charge in [0.2, 0.25) is 0 Å². The first kappa shape index (κ1) is 13.1. The van der Waals surface area contributed by atoms with E-state index in [1.165, 1.54) is 12.8 Å². The van der Waals surface area contributed by atoms with Crippen molar-refractivity contribution >= 4 is 21.8 Å². The van der Waals surface area contributed by atoms with E-state index in [4.69, 9.17) is 0 Å². The zero-order valence-electron chi connectivity index (χ0n) is 11.1. The SMILES string of the molecule is CN1C2CCC1CN(C(=O)c1cncc(Br)c1)CC2. The second-order valence-corrected chi connectivity index (χ2v) is 6.40. The third-order valence-electron chi connectivity index (χ3n) is 4.39. The molecular weight excluding hydrogens is 306 g/mol. The van der Waals surface area contributed by atoms with E-state index >= 15 is 0 Å². The van der Waals surface area contributed by atoms with Crippen molar-refractivity contribution < 1.29 is 4.79 Å². The molecule has 0 saturated carbocycles. The number of rotatable bonds is 1. The molecule has 0 radical (unpaired) electrons. The Morgan fingerprint density at radius 3 is 2.89 bits per heavy atom. The van der Waals surface area contributed by atoms with E-state index in [9.17, 15) is 4.79 Å². The van der Waals surface area contributed by atoms with E-state index < -0.39 is 0 Å². The molecule has 1 aromatic rings. The number of carbonyl (C=O) groups is 1. The number of pyridine rings is 1. The lowest BCUT2D eigenvalue weighted by molar-refractivity contribution is 0.0739. The molecule has 0 aromatic carbocycles. The van der Waals surface area contributed by atoms with Gasteiger partial charge in [-0.3, -0.25) is 14.7 Å². The fourth-order valence-corrected chi connectivity index (χ4v) is 3.57. The molecule has 5 heteroatoms. The highest BCUT2D eigenvalue weighted by Gasteiger charge is 2.36. The minimum absolute atomic E-state index is 0.106. The van der Waals surface area contributed by atoms with Gasteiger partial charge in [0.25, 0.3) is 5.91 Å². The van der Waals surface area contributed by atoms with E-state index in [1.807, 2.05) is 11.0 Å². The van der Waals surface area contributed by atoms with Gasteiger partial charge in [0, 0.05) is 42.0 Å². The predicted molar refractivity (Wildman–Crippen MR) is 77.0 cm³/mol. The van der Waals surface area contributed by atoms with Gasteiger partial charge in [-0.15, -0.1) is 0 Å². The number of likely N-dealkylation sites (tertiary alicyclic amines) is 1. The van der Waals surface area contributed by atoms with Gasteiger partial charge in [-0.2, -0.15) is 0 Å². The van der Waals surface area contributed by atoms with Gasteiger partial charge in [-0.1, -0.05) is 0 Å². The highest BCUT2D eigenvalue weighted by molar-refractivity contribution is 9.10. The summed E-state index contributed by atoms with van der Waals surface area (Å²) in [4.78, 5) is 21.1. The van der Waals surface area contributed by atoms with Crippen LogP contribution in [0, 0.1) is 0 Å². The summed E-state index contributed by atoms with van der Waals surface area (Å²) in [5, 5.41) is 0. The summed E-state index contributed by atoms with van der Waals surface area (Å²) >= 11 is 3.37. The highest BCUT2D eigenvalue weighted by Crippen LogP contribution is 2.29. The maximum absolute atomic E-state index is 12.5. The van der Waals surface area contributed by atoms with Gasteiger partial charge in [0.15, 0.2) is 0 Å². The molecule has 3 heterocycles. The number of amides is 1. The fraction of sp³-hybridized carbons (Fsp3) is 0.571. The molecule has 4 nitrogen and oxygen atoms in total. The number of aromatic nitrogens is 1. The average molecular weight is 324 g/mol. The molecule has 2 unspecified atom stereocenters. The van der Waals surface area contributed by atoms with Gasteiger partial charge in [-0.05, 0) is 48.3 Å². The Kier molecular flexibility index (Phi) is 3.58. The van der Waals surface area contributed by atoms with Crippen LogP contribution in [-0.2, 0) is 0 Å². The Labute approximate surface area is 121 Å². The van der Waals surface area contributed by atoms with E-state index in [0.717, 1.165) is 24.0 Å². The second-order valence-electron chi connectivity index (χ2n) is 5.48. The first-order chi connectivity index (χ1) is 9.15. The van der Waals surface area contributed by atoms with E-state index in [0.29, 0.717) is 17.6 Å². The van der Waals surface area contributed by atoms with Crippen molar-refractivity contribution in [2.24, 2.45) is 0 Å². The van der Waals surface area contributed by atoms with Crippen LogP contribution >= 0.6 is 15.9 Å². The molecule has 2 aliphatic heterocycles. The summed E-state index contributed by atoms with van der Waals surface area (Å²) in [6.45, 7) is 1.70. The Bertz CT molecular complexity index is 493. The van der Waals surface area contributed by atoms with Crippen LogP contribution < -0.4 is 0 Å². The summed E-state index contributed by atoms with van der Waals surface area (Å²) in [6, 6.07) is 3.03. The monoisotopic (exact) mass is 323 g/mol. The number of nitrogens with zero attached hydrogens (tertiary/aromatic N) is 3. The van der Waals surface area contributed by atoms with E-state index in [2.05, 4.69) is 32.9 Å². The summed E-state index contributed by atoms with van der Waals surface area (Å²) in [5.41, 5.74) is 0.676. The van der Waals surface area contributed by atoms with Crippen molar-refractivity contribution in [3.05, 3.63) is 28.5 Å². The Balaban J connectivity index is 1.77. The van der Waals surface area contributed by atoms with Crippen molar-refractivity contribution in [3.8, 4) is 0 Å². The first-order valence-corrected chi connectivity index (χ1v) is 7.56. The molecular formula is C14H18BrN3O. The largest absolute Gasteiger partial charge is 0.337 e. The summed E-state index contributed by atoms with van der Waals surface area (Å²) in [5.74, 6) is 0.106. The topological polar surface area (TPSA) is 36.4 Å². The summed E-state index contributed by atoms with van der Waals surface area (Å²) in [7, 11) is 2.19. The predicted octanol–water partition coefficient (Wildman–Crippen LogP) is 2.15. The molecule has 2 bridgehead atoms. The summed E-state index contributed by atoms with van der Waals surface area (Å²) in [6.07, 6.45) is 6.93. The van der Waals surface area contributed by atoms with Gasteiger partial charge < -0.3 is 4.90 Å². The third kappa shape index (κ3) is 2.54. The van der Waals surface area contributed by atoms with Crippen LogP contribution in [0.1, 0.15) is 29.6 Å². The number of carbonyl (C=O) groups excluding carboxylic acids is 1. The smallest absolute Gasteiger partial charge is 0.255 e. The quantitative estimate of drug-likeness (QED) is 0.794. The van der Waals surface area contributed by atoms with Gasteiger partial charge >= 0.3 is 0 Å². The van der Waals surface area contributed by atoms with Crippen molar-refractivity contribution in [1.29, 1.82) is 0 Å². The number of fused-ring (bicyclic) bond motifs is 2. The molecule has 102 valence electrons. The average Bonchev–Trinajstić information content (AvgIpc) is 2.62. The Morgan fingerprint density at radius 1 is 1.32 bits per heavy atom. The van der Waals surface area contributed by atoms with E-state index in [-0.39, 0.29) is 5.91 Å². The van der Waals surface area contributed by atoms with Crippen LogP contribution in [0.4, 0.5) is 0 Å². The van der Waals surface area contributed by atoms with E-state index in [1.54, 1.807) is 12.4 Å². The molecule has 2 saturated heterocycles. The standard InChI is InChI=1S/C14H18BrN3O/c1-17-12-2-3-13(17)9-18(5-4-12)14(19)10-6-11(15)8-16-7-10/h6-8,12-13H,2-5,9H2,1H3. The van der Waals surface area contributed by atoms with Crippen molar-refractivity contribution in [3.63, 3.8) is 0 Å². The van der Waals surface area contributed by atoms with Crippen LogP contribution in [0.5, 0.6) is 0 Å². The van der Waals surface area contributed by atoms with Gasteiger partial charge in [-0.25, -0.2) is 0 Å². The molecule has 1 aromatic heterocycles. The first-order valence-electron chi connectivity index (χ1n) is 6.77. The summed E-state index contributed by atoms with van der Waals surface area (Å²) < 4.78 is 0.854. The Morgan fingerprint density at radius 2 is 2.11 bits per heavy atom. The lowest BCUT2D eigenvalue weighted by Crippen LogP contribution is -2.39. The van der Waals surface area contributed by atoms with Crippen molar-refractivity contribution in [1.82, 2.24) is 14.8 Å². The zero-order chi connectivity index (χ0) is 13.4. The van der Waals surface area contributed by atoms with Gasteiger partial charge in [0.1, 0.15) is 0 Å². The minimum Gasteiger partial charge on any atom is -0.337 e. The van der Waals surface area contributed by atoms with Crippen LogP contribution in [0.25, 0.3) is 0 Å². The van der Waals surface area contributed by atoms with Crippen LogP contribution in [-0.4, -0.2) is 52.9 Å². The minimum atomic E-state index is 0.106. The normalized spacial score (nSPS) is 27.4. The molecule has 0 spiro atoms. The van der Waals surface area contributed by atoms with Crippen molar-refractivity contribution in [2.45, 2.75) is 31.3 Å². The molecule has 0 aliphatic carbocycles. The highest BCUT2D eigenvalue weighted by atomic mass is 79.9. The third-order valence-corrected chi connectivity index (χ3v) is 4.82. The molecule has 2 aliphatic rings. The molecule has 19 heavy (non-hydrogen) atoms. The molecule has 1 amide bonds. The lowest BCUT2D eigenvalue weighted by Gasteiger charge is -2.25. The number of likely N-dealkylation sites (N-methyl/N-ethyl adjacent to an activating group) is 1. The van der Waals surface area contributed by atoms with Crippen LogP contribution in [0.3, 0.4) is 0 Å². The molecule has 2 fully saturated rings. The number of hydrogen-bond acceptors (Lipinski definition) is 3. The van der Waals surface area contributed by atoms with Crippen LogP contribution in [0.2, 0.25) is 0 Å². The zero-order valence-corrected chi connectivity index (χ0v) is 12.6. The second kappa shape index (κ2) is 5.21. The lowest BCUT2D eigenvalue weighted by atomic mass is 10.1. The Hall–Kier alpha value is -0.940. The number of halogens is 1. The van der Waals surface area contributed by atoms with Crippen molar-refractivity contribution in [2.75, 3.05) is 20.1 Å². The van der Waals surface area contributed by atoms with Crippen LogP contribution in [0.15, 0.2) is 22.9 Å². The number of hydrogen-bond donors (Lipinski definition) is 0. The maximum Gasteiger partial charge on any atom is 0.255 e. The molecule has 2 atom stereocenters. The maximum atomic E-state index is 12.5. The van der Waals surface area contributed by atoms with Gasteiger partial charge in [0.05, 0.1) is 5.56 Å². The molecule has 3 rings (SSSR count). The fourth-order valence-electron chi connectivity index (χ4n) is 3.20.